The maximum atomic E-state index is 11.5. The summed E-state index contributed by atoms with van der Waals surface area (Å²) in [5, 5.41) is 13.0. The molecule has 6 heteroatoms. The Bertz CT molecular complexity index is 688. The van der Waals surface area contributed by atoms with Gasteiger partial charge in [-0.1, -0.05) is 0 Å². The number of aliphatic hydroxyl groups is 1. The number of carbonyl (C=O) groups is 1. The molecular weight excluding hydrogens is 308 g/mol. The van der Waals surface area contributed by atoms with Gasteiger partial charge in [-0.05, 0) is 44.5 Å². The Hall–Kier alpha value is -2.05. The molecule has 0 radical (unpaired) electrons. The average molecular weight is 335 g/mol. The summed E-state index contributed by atoms with van der Waals surface area (Å²) < 4.78 is 10.4. The van der Waals surface area contributed by atoms with Crippen molar-refractivity contribution in [1.82, 2.24) is 4.98 Å². The number of methoxy groups -OCH3 is 1. The third kappa shape index (κ3) is 5.25. The molecule has 2 aromatic rings. The molecule has 0 aliphatic carbocycles. The van der Waals surface area contributed by atoms with Crippen molar-refractivity contribution in [2.45, 2.75) is 38.8 Å². The number of H-pyrrole nitrogens is 1. The van der Waals surface area contributed by atoms with Gasteiger partial charge in [-0.2, -0.15) is 0 Å². The van der Waals surface area contributed by atoms with Gasteiger partial charge < -0.3 is 24.9 Å². The molecule has 0 amide bonds. The van der Waals surface area contributed by atoms with Crippen LogP contribution in [0.1, 0.15) is 26.3 Å². The van der Waals surface area contributed by atoms with Gasteiger partial charge in [0.05, 0.1) is 19.1 Å². The molecule has 1 heterocycles. The first kappa shape index (κ1) is 18.3. The van der Waals surface area contributed by atoms with Gasteiger partial charge in [-0.15, -0.1) is 0 Å². The van der Waals surface area contributed by atoms with E-state index in [1.54, 1.807) is 6.20 Å². The normalized spacial score (nSPS) is 13.0. The zero-order chi connectivity index (χ0) is 17.7. The van der Waals surface area contributed by atoms with E-state index < -0.39 is 6.10 Å². The number of aromatic nitrogens is 1. The van der Waals surface area contributed by atoms with Crippen molar-refractivity contribution in [3.8, 4) is 5.75 Å². The van der Waals surface area contributed by atoms with Crippen molar-refractivity contribution < 1.29 is 24.7 Å². The monoisotopic (exact) mass is 335 g/mol. The fourth-order valence-corrected chi connectivity index (χ4v) is 2.37. The number of quaternary nitrogens is 1. The summed E-state index contributed by atoms with van der Waals surface area (Å²) in [6, 6.07) is 5.63. The van der Waals surface area contributed by atoms with Crippen LogP contribution in [0.15, 0.2) is 24.4 Å². The van der Waals surface area contributed by atoms with Crippen LogP contribution in [0.2, 0.25) is 0 Å². The molecule has 2 rings (SSSR count). The van der Waals surface area contributed by atoms with Crippen LogP contribution in [0.25, 0.3) is 10.9 Å². The lowest BCUT2D eigenvalue weighted by molar-refractivity contribution is -0.722. The van der Waals surface area contributed by atoms with E-state index in [4.69, 9.17) is 9.47 Å². The van der Waals surface area contributed by atoms with Gasteiger partial charge in [0.2, 0.25) is 0 Å². The Morgan fingerprint density at radius 1 is 1.38 bits per heavy atom. The molecule has 1 aromatic heterocycles. The summed E-state index contributed by atoms with van der Waals surface area (Å²) in [5.41, 5.74) is 1.88. The van der Waals surface area contributed by atoms with Crippen LogP contribution >= 0.6 is 0 Å². The quantitative estimate of drug-likeness (QED) is 0.658. The molecule has 1 atom stereocenters. The van der Waals surface area contributed by atoms with Gasteiger partial charge in [-0.3, -0.25) is 4.79 Å². The lowest BCUT2D eigenvalue weighted by Gasteiger charge is -2.19. The van der Waals surface area contributed by atoms with Crippen LogP contribution in [-0.2, 0) is 16.0 Å². The SMILES string of the molecule is COC(=O)Cc1c[nH]c2ccc(OC[C@@H](O)C[NH2+]C(C)(C)C)cc12. The number of ether oxygens (including phenoxy) is 2. The van der Waals surface area contributed by atoms with E-state index in [9.17, 15) is 9.90 Å². The molecule has 0 aliphatic rings. The van der Waals surface area contributed by atoms with Crippen LogP contribution < -0.4 is 10.1 Å². The molecule has 4 N–H and O–H groups in total. The lowest BCUT2D eigenvalue weighted by Crippen LogP contribution is -2.96. The molecule has 6 nitrogen and oxygen atoms in total. The first-order valence-corrected chi connectivity index (χ1v) is 8.10. The molecule has 0 saturated carbocycles. The third-order valence-corrected chi connectivity index (χ3v) is 3.75. The van der Waals surface area contributed by atoms with E-state index in [-0.39, 0.29) is 24.5 Å². The number of nitrogens with one attached hydrogen (secondary N) is 1. The highest BCUT2D eigenvalue weighted by Gasteiger charge is 2.17. The summed E-state index contributed by atoms with van der Waals surface area (Å²) in [6.07, 6.45) is 1.47. The number of hydrogen-bond donors (Lipinski definition) is 3. The maximum absolute atomic E-state index is 11.5. The van der Waals surface area contributed by atoms with Gasteiger partial charge >= 0.3 is 5.97 Å². The number of benzene rings is 1. The molecule has 0 bridgehead atoms. The van der Waals surface area contributed by atoms with Crippen molar-refractivity contribution in [2.24, 2.45) is 0 Å². The van der Waals surface area contributed by atoms with Crippen molar-refractivity contribution in [1.29, 1.82) is 0 Å². The number of hydrogen-bond acceptors (Lipinski definition) is 4. The van der Waals surface area contributed by atoms with Crippen LogP contribution in [0.3, 0.4) is 0 Å². The number of rotatable bonds is 7. The molecular formula is C18H27N2O4+. The Balaban J connectivity index is 1.99. The summed E-state index contributed by atoms with van der Waals surface area (Å²) in [6.45, 7) is 7.12. The number of aromatic amines is 1. The second kappa shape index (κ2) is 7.68. The summed E-state index contributed by atoms with van der Waals surface area (Å²) in [4.78, 5) is 14.6. The molecule has 0 fully saturated rings. The van der Waals surface area contributed by atoms with E-state index >= 15 is 0 Å². The largest absolute Gasteiger partial charge is 0.491 e. The van der Waals surface area contributed by atoms with Crippen LogP contribution in [-0.4, -0.2) is 48.0 Å². The van der Waals surface area contributed by atoms with Crippen LogP contribution in [0.5, 0.6) is 5.75 Å². The zero-order valence-corrected chi connectivity index (χ0v) is 14.8. The second-order valence-corrected chi connectivity index (χ2v) is 7.04. The van der Waals surface area contributed by atoms with Gasteiger partial charge in [0.15, 0.2) is 0 Å². The number of aliphatic hydroxyl groups excluding tert-OH is 1. The molecule has 0 unspecified atom stereocenters. The molecule has 0 spiro atoms. The van der Waals surface area contributed by atoms with E-state index in [1.165, 1.54) is 7.11 Å². The minimum Gasteiger partial charge on any atom is -0.491 e. The number of nitrogens with two attached hydrogens (primary N) is 1. The lowest BCUT2D eigenvalue weighted by atomic mass is 10.1. The first-order valence-electron chi connectivity index (χ1n) is 8.10. The van der Waals surface area contributed by atoms with E-state index in [0.717, 1.165) is 16.5 Å². The smallest absolute Gasteiger partial charge is 0.310 e. The highest BCUT2D eigenvalue weighted by molar-refractivity contribution is 5.88. The Kier molecular flexibility index (Phi) is 5.85. The summed E-state index contributed by atoms with van der Waals surface area (Å²) >= 11 is 0. The number of esters is 1. The highest BCUT2D eigenvalue weighted by Crippen LogP contribution is 2.24. The highest BCUT2D eigenvalue weighted by atomic mass is 16.5. The molecule has 132 valence electrons. The Morgan fingerprint density at radius 2 is 2.12 bits per heavy atom. The van der Waals surface area contributed by atoms with Crippen molar-refractivity contribution >= 4 is 16.9 Å². The number of fused-ring (bicyclic) bond motifs is 1. The summed E-state index contributed by atoms with van der Waals surface area (Å²) in [7, 11) is 1.38. The van der Waals surface area contributed by atoms with Gasteiger partial charge in [0, 0.05) is 17.1 Å². The van der Waals surface area contributed by atoms with Gasteiger partial charge in [0.1, 0.15) is 25.0 Å². The molecule has 24 heavy (non-hydrogen) atoms. The predicted molar refractivity (Wildman–Crippen MR) is 92.1 cm³/mol. The fraction of sp³-hybridized carbons (Fsp3) is 0.500. The van der Waals surface area contributed by atoms with Crippen molar-refractivity contribution in [2.75, 3.05) is 20.3 Å². The second-order valence-electron chi connectivity index (χ2n) is 7.04. The minimum atomic E-state index is -0.541. The summed E-state index contributed by atoms with van der Waals surface area (Å²) in [5.74, 6) is 0.387. The fourth-order valence-electron chi connectivity index (χ4n) is 2.37. The van der Waals surface area contributed by atoms with Crippen molar-refractivity contribution in [3.05, 3.63) is 30.0 Å². The Labute approximate surface area is 142 Å². The first-order chi connectivity index (χ1) is 11.3. The standard InChI is InChI=1S/C18H26N2O4/c1-18(2,3)20-10-13(21)11-24-14-5-6-16-15(8-14)12(9-19-16)7-17(22)23-4/h5-6,8-9,13,19-21H,7,10-11H2,1-4H3/p+1/t13-/m0/s1. The molecule has 0 saturated heterocycles. The van der Waals surface area contributed by atoms with Crippen LogP contribution in [0.4, 0.5) is 0 Å². The van der Waals surface area contributed by atoms with Crippen molar-refractivity contribution in [3.63, 3.8) is 0 Å². The molecule has 0 aliphatic heterocycles. The zero-order valence-electron chi connectivity index (χ0n) is 14.8. The average Bonchev–Trinajstić information content (AvgIpc) is 2.92. The van der Waals surface area contributed by atoms with E-state index in [0.29, 0.717) is 12.3 Å². The number of carbonyl (C=O) groups excluding carboxylic acids is 1. The van der Waals surface area contributed by atoms with Gasteiger partial charge in [-0.25, -0.2) is 0 Å². The van der Waals surface area contributed by atoms with Crippen LogP contribution in [0, 0.1) is 0 Å². The minimum absolute atomic E-state index is 0.0772. The van der Waals surface area contributed by atoms with Gasteiger partial charge in [0.25, 0.3) is 0 Å². The maximum Gasteiger partial charge on any atom is 0.310 e. The molecule has 1 aromatic carbocycles. The topological polar surface area (TPSA) is 88.2 Å². The van der Waals surface area contributed by atoms with E-state index in [2.05, 4.69) is 31.1 Å². The Morgan fingerprint density at radius 3 is 2.79 bits per heavy atom. The predicted octanol–water partition coefficient (Wildman–Crippen LogP) is 0.985. The third-order valence-electron chi connectivity index (χ3n) is 3.75. The van der Waals surface area contributed by atoms with E-state index in [1.807, 2.05) is 18.2 Å².